The molecule has 0 spiro atoms. The summed E-state index contributed by atoms with van der Waals surface area (Å²) in [6, 6.07) is 19.6. The van der Waals surface area contributed by atoms with Crippen LogP contribution in [0.1, 0.15) is 22.7 Å². The fourth-order valence-electron chi connectivity index (χ4n) is 3.16. The van der Waals surface area contributed by atoms with Crippen molar-refractivity contribution in [2.24, 2.45) is 5.73 Å². The first-order valence-electron chi connectivity index (χ1n) is 9.87. The molecule has 5 N–H and O–H groups in total. The summed E-state index contributed by atoms with van der Waals surface area (Å²) >= 11 is 3.47. The lowest BCUT2D eigenvalue weighted by molar-refractivity contribution is -0.122. The highest BCUT2D eigenvalue weighted by Crippen LogP contribution is 2.38. The number of methoxy groups -OCH3 is 2. The van der Waals surface area contributed by atoms with E-state index in [1.54, 1.807) is 50.6 Å². The summed E-state index contributed by atoms with van der Waals surface area (Å²) in [7, 11) is 3.11. The van der Waals surface area contributed by atoms with Crippen LogP contribution in [0, 0.1) is 5.41 Å². The molecule has 0 saturated heterocycles. The molecule has 0 aromatic heterocycles. The zero-order valence-corrected chi connectivity index (χ0v) is 20.6. The molecule has 0 aliphatic heterocycles. The molecule has 9 heteroatoms. The van der Waals surface area contributed by atoms with Gasteiger partial charge in [0.15, 0.2) is 0 Å². The molecular weight excluding hydrogens is 508 g/mol. The quantitative estimate of drug-likeness (QED) is 0.237. The number of amidine groups is 1. The van der Waals surface area contributed by atoms with Crippen LogP contribution in [0.15, 0.2) is 71.2 Å². The summed E-state index contributed by atoms with van der Waals surface area (Å²) in [5.41, 5.74) is 8.52. The van der Waals surface area contributed by atoms with Crippen LogP contribution in [0.25, 0.3) is 0 Å². The molecule has 3 aromatic rings. The van der Waals surface area contributed by atoms with E-state index in [1.165, 1.54) is 0 Å². The Labute approximate surface area is 207 Å². The zero-order valence-electron chi connectivity index (χ0n) is 18.2. The van der Waals surface area contributed by atoms with Gasteiger partial charge in [0.2, 0.25) is 5.91 Å². The predicted molar refractivity (Wildman–Crippen MR) is 137 cm³/mol. The summed E-state index contributed by atoms with van der Waals surface area (Å²) in [6.07, 6.45) is 0. The monoisotopic (exact) mass is 532 g/mol. The van der Waals surface area contributed by atoms with Crippen molar-refractivity contribution in [2.45, 2.75) is 12.6 Å². The van der Waals surface area contributed by atoms with Gasteiger partial charge in [-0.05, 0) is 63.5 Å². The van der Waals surface area contributed by atoms with Crippen molar-refractivity contribution in [2.75, 3.05) is 19.5 Å². The SMILES string of the molecule is COc1cc([C@H](Nc2ccc(C(=N)N)cc2)C(=O)NCc2ccccc2)cc(OC)c1Br.Cl. The molecule has 0 radical (unpaired) electrons. The number of carbonyl (C=O) groups is 1. The molecule has 0 aliphatic rings. The van der Waals surface area contributed by atoms with E-state index in [2.05, 4.69) is 26.6 Å². The number of nitrogen functional groups attached to an aromatic ring is 1. The Balaban J connectivity index is 0.00000385. The average molecular weight is 534 g/mol. The Kier molecular flexibility index (Phi) is 9.57. The number of hydrogen-bond acceptors (Lipinski definition) is 5. The van der Waals surface area contributed by atoms with E-state index in [9.17, 15) is 4.79 Å². The third kappa shape index (κ3) is 6.63. The van der Waals surface area contributed by atoms with Gasteiger partial charge in [0, 0.05) is 17.8 Å². The summed E-state index contributed by atoms with van der Waals surface area (Å²) in [5, 5.41) is 13.8. The average Bonchev–Trinajstić information content (AvgIpc) is 2.82. The van der Waals surface area contributed by atoms with Crippen molar-refractivity contribution in [3.8, 4) is 11.5 Å². The van der Waals surface area contributed by atoms with Crippen LogP contribution in [0.3, 0.4) is 0 Å². The highest BCUT2D eigenvalue weighted by atomic mass is 79.9. The van der Waals surface area contributed by atoms with Gasteiger partial charge < -0.3 is 25.8 Å². The van der Waals surface area contributed by atoms with Crippen LogP contribution in [0.4, 0.5) is 5.69 Å². The predicted octanol–water partition coefficient (Wildman–Crippen LogP) is 4.64. The number of carbonyl (C=O) groups excluding carboxylic acids is 1. The number of ether oxygens (including phenoxy) is 2. The number of nitrogens with two attached hydrogens (primary N) is 1. The Morgan fingerprint density at radius 1 is 1.03 bits per heavy atom. The molecule has 1 amide bonds. The van der Waals surface area contributed by atoms with E-state index >= 15 is 0 Å². The minimum Gasteiger partial charge on any atom is -0.495 e. The summed E-state index contributed by atoms with van der Waals surface area (Å²) < 4.78 is 11.6. The molecular formula is C24H26BrClN4O3. The lowest BCUT2D eigenvalue weighted by Crippen LogP contribution is -2.33. The summed E-state index contributed by atoms with van der Waals surface area (Å²) in [6.45, 7) is 0.395. The van der Waals surface area contributed by atoms with E-state index in [-0.39, 0.29) is 24.1 Å². The van der Waals surface area contributed by atoms with Crippen LogP contribution in [0.5, 0.6) is 11.5 Å². The highest BCUT2D eigenvalue weighted by molar-refractivity contribution is 9.10. The smallest absolute Gasteiger partial charge is 0.247 e. The fraction of sp³-hybridized carbons (Fsp3) is 0.167. The fourth-order valence-corrected chi connectivity index (χ4v) is 3.71. The molecule has 0 aliphatic carbocycles. The number of nitrogens with one attached hydrogen (secondary N) is 3. The number of benzene rings is 3. The normalized spacial score (nSPS) is 11.0. The molecule has 174 valence electrons. The molecule has 0 heterocycles. The Morgan fingerprint density at radius 3 is 2.12 bits per heavy atom. The largest absolute Gasteiger partial charge is 0.495 e. The zero-order chi connectivity index (χ0) is 23.1. The van der Waals surface area contributed by atoms with E-state index in [1.807, 2.05) is 30.3 Å². The lowest BCUT2D eigenvalue weighted by atomic mass is 10.0. The van der Waals surface area contributed by atoms with Gasteiger partial charge in [0.25, 0.3) is 0 Å². The molecule has 1 atom stereocenters. The Hall–Kier alpha value is -3.23. The Morgan fingerprint density at radius 2 is 1.61 bits per heavy atom. The van der Waals surface area contributed by atoms with Crippen LogP contribution in [-0.4, -0.2) is 26.0 Å². The standard InChI is InChI=1S/C24H25BrN4O3.ClH/c1-31-19-12-17(13-20(32-2)21(19)25)22(24(30)28-14-15-6-4-3-5-7-15)29-18-10-8-16(9-11-18)23(26)27;/h3-13,22,29H,14H2,1-2H3,(H3,26,27)(H,28,30);1H/t22-;/m0./s1. The molecule has 0 bridgehead atoms. The summed E-state index contributed by atoms with van der Waals surface area (Å²) in [4.78, 5) is 13.3. The van der Waals surface area contributed by atoms with Gasteiger partial charge in [-0.1, -0.05) is 30.3 Å². The third-order valence-electron chi connectivity index (χ3n) is 4.88. The van der Waals surface area contributed by atoms with Crippen molar-refractivity contribution in [3.63, 3.8) is 0 Å². The van der Waals surface area contributed by atoms with Crippen LogP contribution >= 0.6 is 28.3 Å². The second-order valence-corrected chi connectivity index (χ2v) is 7.80. The van der Waals surface area contributed by atoms with Crippen molar-refractivity contribution in [1.29, 1.82) is 5.41 Å². The van der Waals surface area contributed by atoms with E-state index < -0.39 is 6.04 Å². The molecule has 33 heavy (non-hydrogen) atoms. The van der Waals surface area contributed by atoms with Gasteiger partial charge in [-0.3, -0.25) is 10.2 Å². The third-order valence-corrected chi connectivity index (χ3v) is 5.66. The number of anilines is 1. The molecule has 3 aromatic carbocycles. The molecule has 0 unspecified atom stereocenters. The molecule has 3 rings (SSSR count). The van der Waals surface area contributed by atoms with Gasteiger partial charge >= 0.3 is 0 Å². The molecule has 0 saturated carbocycles. The van der Waals surface area contributed by atoms with Crippen molar-refractivity contribution >= 4 is 45.8 Å². The minimum absolute atomic E-state index is 0. The van der Waals surface area contributed by atoms with Crippen LogP contribution in [0.2, 0.25) is 0 Å². The highest BCUT2D eigenvalue weighted by Gasteiger charge is 2.24. The molecule has 7 nitrogen and oxygen atoms in total. The van der Waals surface area contributed by atoms with Gasteiger partial charge in [-0.25, -0.2) is 0 Å². The van der Waals surface area contributed by atoms with E-state index in [4.69, 9.17) is 20.6 Å². The minimum atomic E-state index is -0.724. The Bertz CT molecular complexity index is 1070. The van der Waals surface area contributed by atoms with Crippen molar-refractivity contribution < 1.29 is 14.3 Å². The first-order chi connectivity index (χ1) is 15.4. The maximum Gasteiger partial charge on any atom is 0.247 e. The van der Waals surface area contributed by atoms with Gasteiger partial charge in [-0.2, -0.15) is 0 Å². The maximum absolute atomic E-state index is 13.3. The summed E-state index contributed by atoms with van der Waals surface area (Å²) in [5.74, 6) is 0.870. The first-order valence-corrected chi connectivity index (χ1v) is 10.7. The first kappa shape index (κ1) is 26.0. The van der Waals surface area contributed by atoms with Gasteiger partial charge in [0.05, 0.1) is 14.2 Å². The number of amides is 1. The van der Waals surface area contributed by atoms with Gasteiger partial charge in [-0.15, -0.1) is 12.4 Å². The second kappa shape index (κ2) is 12.1. The van der Waals surface area contributed by atoms with Crippen LogP contribution < -0.4 is 25.8 Å². The number of halogens is 2. The lowest BCUT2D eigenvalue weighted by Gasteiger charge is -2.22. The van der Waals surface area contributed by atoms with Gasteiger partial charge in [0.1, 0.15) is 27.8 Å². The number of hydrogen-bond donors (Lipinski definition) is 4. The maximum atomic E-state index is 13.3. The number of rotatable bonds is 9. The van der Waals surface area contributed by atoms with E-state index in [0.717, 1.165) is 5.56 Å². The van der Waals surface area contributed by atoms with Crippen molar-refractivity contribution in [1.82, 2.24) is 5.32 Å². The van der Waals surface area contributed by atoms with E-state index in [0.29, 0.717) is 39.3 Å². The topological polar surface area (TPSA) is 109 Å². The molecule has 0 fully saturated rings. The van der Waals surface area contributed by atoms with Crippen molar-refractivity contribution in [3.05, 3.63) is 87.9 Å². The van der Waals surface area contributed by atoms with Crippen LogP contribution in [-0.2, 0) is 11.3 Å². The second-order valence-electron chi connectivity index (χ2n) is 7.01.